The monoisotopic (exact) mass is 733 g/mol. The molecule has 5 rings (SSSR count). The predicted molar refractivity (Wildman–Crippen MR) is 185 cm³/mol. The van der Waals surface area contributed by atoms with E-state index in [2.05, 4.69) is 27.1 Å². The number of nitrogens with one attached hydrogen (secondary N) is 3. The zero-order valence-corrected chi connectivity index (χ0v) is 30.7. The molecule has 4 aliphatic rings. The van der Waals surface area contributed by atoms with Crippen LogP contribution in [0.4, 0.5) is 9.18 Å². The summed E-state index contributed by atoms with van der Waals surface area (Å²) in [6.07, 6.45) is 1.64. The van der Waals surface area contributed by atoms with Crippen molar-refractivity contribution < 1.29 is 46.3 Å². The van der Waals surface area contributed by atoms with E-state index in [1.165, 1.54) is 23.1 Å². The van der Waals surface area contributed by atoms with Crippen LogP contribution in [0.25, 0.3) is 0 Å². The SMILES string of the molecule is C=CC[C@@H]1C[C@]1(NC(=O)[C@@H]1C[C@@H](O/N=C2\CCOc3ccc(F)cc32)CN1C(=O)[C@@H](NC(=O)OC(C)(C)C)C(C)(C)C)C(=O)NS(=O)(=O)C1CC1. The maximum atomic E-state index is 14.4. The molecule has 1 aromatic carbocycles. The summed E-state index contributed by atoms with van der Waals surface area (Å²) >= 11 is 0. The number of carbonyl (C=O) groups excluding carboxylic acids is 4. The van der Waals surface area contributed by atoms with Crippen LogP contribution in [-0.2, 0) is 34.0 Å². The maximum Gasteiger partial charge on any atom is 0.408 e. The topological polar surface area (TPSA) is 182 Å². The summed E-state index contributed by atoms with van der Waals surface area (Å²) < 4.78 is 52.7. The fourth-order valence-electron chi connectivity index (χ4n) is 6.37. The van der Waals surface area contributed by atoms with E-state index in [1.807, 2.05) is 0 Å². The van der Waals surface area contributed by atoms with E-state index in [4.69, 9.17) is 14.3 Å². The quantitative estimate of drug-likeness (QED) is 0.227. The molecule has 0 spiro atoms. The Labute approximate surface area is 297 Å². The van der Waals surface area contributed by atoms with E-state index in [0.29, 0.717) is 42.7 Å². The van der Waals surface area contributed by atoms with Gasteiger partial charge in [0.2, 0.25) is 21.8 Å². The van der Waals surface area contributed by atoms with Crippen molar-refractivity contribution in [3.05, 3.63) is 42.2 Å². The average Bonchev–Trinajstić information content (AvgIpc) is 3.94. The Kier molecular flexibility index (Phi) is 10.5. The Balaban J connectivity index is 1.42. The molecule has 2 saturated carbocycles. The van der Waals surface area contributed by atoms with Crippen molar-refractivity contribution in [1.29, 1.82) is 0 Å². The van der Waals surface area contributed by atoms with E-state index in [0.717, 1.165) is 0 Å². The van der Waals surface area contributed by atoms with Gasteiger partial charge in [-0.25, -0.2) is 17.6 Å². The van der Waals surface area contributed by atoms with Gasteiger partial charge < -0.3 is 29.8 Å². The third-order valence-electron chi connectivity index (χ3n) is 9.29. The lowest BCUT2D eigenvalue weighted by Gasteiger charge is -2.36. The minimum atomic E-state index is -3.91. The van der Waals surface area contributed by atoms with E-state index in [-0.39, 0.29) is 26.0 Å². The van der Waals surface area contributed by atoms with Crippen LogP contribution >= 0.6 is 0 Å². The number of allylic oxidation sites excluding steroid dienone is 1. The average molecular weight is 734 g/mol. The van der Waals surface area contributed by atoms with Gasteiger partial charge >= 0.3 is 6.09 Å². The summed E-state index contributed by atoms with van der Waals surface area (Å²) in [6, 6.07) is 1.73. The highest BCUT2D eigenvalue weighted by molar-refractivity contribution is 7.91. The number of sulfonamides is 1. The molecule has 0 aromatic heterocycles. The molecule has 2 aliphatic heterocycles. The third kappa shape index (κ3) is 8.82. The number of benzene rings is 1. The van der Waals surface area contributed by atoms with Crippen molar-refractivity contribution in [3.63, 3.8) is 0 Å². The zero-order valence-electron chi connectivity index (χ0n) is 29.9. The smallest absolute Gasteiger partial charge is 0.408 e. The van der Waals surface area contributed by atoms with E-state index >= 15 is 0 Å². The lowest BCUT2D eigenvalue weighted by molar-refractivity contribution is -0.143. The highest BCUT2D eigenvalue weighted by Crippen LogP contribution is 2.47. The summed E-state index contributed by atoms with van der Waals surface area (Å²) in [5.74, 6) is -2.59. The number of halogens is 1. The number of likely N-dealkylation sites (tertiary alicyclic amines) is 1. The van der Waals surface area contributed by atoms with Gasteiger partial charge in [-0.05, 0) is 76.0 Å². The molecule has 280 valence electrons. The molecule has 1 saturated heterocycles. The van der Waals surface area contributed by atoms with Gasteiger partial charge in [0.1, 0.15) is 40.9 Å². The molecule has 0 bridgehead atoms. The van der Waals surface area contributed by atoms with E-state index < -0.39 is 85.6 Å². The number of rotatable bonds is 11. The minimum Gasteiger partial charge on any atom is -0.492 e. The molecule has 1 aromatic rings. The molecular weight excluding hydrogens is 685 g/mol. The number of oxime groups is 1. The van der Waals surface area contributed by atoms with Crippen LogP contribution in [0.15, 0.2) is 36.0 Å². The van der Waals surface area contributed by atoms with Gasteiger partial charge in [0.25, 0.3) is 5.91 Å². The zero-order chi connectivity index (χ0) is 37.5. The first-order valence-electron chi connectivity index (χ1n) is 17.2. The molecule has 14 nitrogen and oxygen atoms in total. The summed E-state index contributed by atoms with van der Waals surface area (Å²) in [5, 5.41) is 9.10. The van der Waals surface area contributed by atoms with Gasteiger partial charge in [-0.3, -0.25) is 19.1 Å². The molecule has 5 atom stereocenters. The molecule has 3 fully saturated rings. The standard InChI is InChI=1S/C35H48FN5O9S/c1-8-9-20-18-35(20,31(44)40-51(46,47)23-11-12-23)38-29(42)26-17-22(50-39-25-14-15-48-27-13-10-21(36)16-24(25)27)19-41(26)30(43)28(33(2,3)4)37-32(45)49-34(5,6)7/h8,10,13,16,20,22-23,26,28H,1,9,11-12,14-15,17-19H2,2-7H3,(H,37,45)(H,38,42)(H,40,44)/b39-25+/t20-,22-,26+,28-,35-/m1/s1. The van der Waals surface area contributed by atoms with Crippen molar-refractivity contribution in [2.45, 2.75) is 115 Å². The molecular formula is C35H48FN5O9S. The van der Waals surface area contributed by atoms with Crippen LogP contribution < -0.4 is 20.1 Å². The first-order chi connectivity index (χ1) is 23.7. The Morgan fingerprint density at radius 2 is 1.88 bits per heavy atom. The predicted octanol–water partition coefficient (Wildman–Crippen LogP) is 3.30. The number of fused-ring (bicyclic) bond motifs is 1. The number of carbonyl (C=O) groups is 4. The summed E-state index contributed by atoms with van der Waals surface area (Å²) in [6.45, 7) is 14.2. The van der Waals surface area contributed by atoms with Crippen LogP contribution in [0.1, 0.15) is 85.6 Å². The first kappa shape index (κ1) is 38.0. The molecule has 51 heavy (non-hydrogen) atoms. The highest BCUT2D eigenvalue weighted by Gasteiger charge is 2.62. The van der Waals surface area contributed by atoms with Crippen molar-refractivity contribution in [2.75, 3.05) is 13.2 Å². The fraction of sp³-hybridized carbons (Fsp3) is 0.629. The first-order valence-corrected chi connectivity index (χ1v) is 18.7. The van der Waals surface area contributed by atoms with Gasteiger partial charge in [0.15, 0.2) is 0 Å². The second kappa shape index (κ2) is 14.1. The van der Waals surface area contributed by atoms with Gasteiger partial charge in [-0.2, -0.15) is 0 Å². The molecule has 4 amide bonds. The van der Waals surface area contributed by atoms with Crippen LogP contribution in [0.2, 0.25) is 0 Å². The molecule has 0 unspecified atom stereocenters. The van der Waals surface area contributed by atoms with Crippen molar-refractivity contribution >= 4 is 39.5 Å². The van der Waals surface area contributed by atoms with Crippen molar-refractivity contribution in [3.8, 4) is 5.75 Å². The highest BCUT2D eigenvalue weighted by atomic mass is 32.2. The molecule has 16 heteroatoms. The summed E-state index contributed by atoms with van der Waals surface area (Å²) in [5.41, 5.74) is -2.36. The Hall–Kier alpha value is -4.21. The van der Waals surface area contributed by atoms with Crippen LogP contribution in [0.5, 0.6) is 5.75 Å². The van der Waals surface area contributed by atoms with Gasteiger partial charge in [0.05, 0.1) is 24.1 Å². The second-order valence-corrected chi connectivity index (χ2v) is 17.7. The van der Waals surface area contributed by atoms with Crippen LogP contribution in [0, 0.1) is 17.2 Å². The van der Waals surface area contributed by atoms with Crippen molar-refractivity contribution in [2.24, 2.45) is 16.5 Å². The second-order valence-electron chi connectivity index (χ2n) is 15.8. The molecule has 0 radical (unpaired) electrons. The van der Waals surface area contributed by atoms with Crippen LogP contribution in [0.3, 0.4) is 0 Å². The summed E-state index contributed by atoms with van der Waals surface area (Å²) in [7, 11) is -3.91. The van der Waals surface area contributed by atoms with Gasteiger partial charge in [0, 0.05) is 18.4 Å². The summed E-state index contributed by atoms with van der Waals surface area (Å²) in [4.78, 5) is 62.2. The Bertz CT molecular complexity index is 1720. The van der Waals surface area contributed by atoms with Gasteiger partial charge in [-0.15, -0.1) is 6.58 Å². The van der Waals surface area contributed by atoms with E-state index in [9.17, 15) is 32.0 Å². The van der Waals surface area contributed by atoms with Crippen LogP contribution in [-0.4, -0.2) is 90.6 Å². The number of nitrogens with zero attached hydrogens (tertiary/aromatic N) is 2. The maximum absolute atomic E-state index is 14.4. The number of ether oxygens (including phenoxy) is 2. The normalized spacial score (nSPS) is 25.9. The molecule has 2 aliphatic carbocycles. The van der Waals surface area contributed by atoms with Crippen molar-refractivity contribution in [1.82, 2.24) is 20.3 Å². The Morgan fingerprint density at radius 3 is 2.51 bits per heavy atom. The lowest BCUT2D eigenvalue weighted by atomic mass is 9.85. The molecule has 2 heterocycles. The molecule has 3 N–H and O–H groups in total. The lowest BCUT2D eigenvalue weighted by Crippen LogP contribution is -2.60. The fourth-order valence-corrected chi connectivity index (χ4v) is 7.74. The Morgan fingerprint density at radius 1 is 1.18 bits per heavy atom. The number of hydrogen-bond acceptors (Lipinski definition) is 10. The van der Waals surface area contributed by atoms with E-state index in [1.54, 1.807) is 47.6 Å². The van der Waals surface area contributed by atoms with Gasteiger partial charge in [-0.1, -0.05) is 32.0 Å². The number of alkyl carbamates (subject to hydrolysis) is 1. The largest absolute Gasteiger partial charge is 0.492 e. The number of amides is 4. The number of hydrogen-bond donors (Lipinski definition) is 3. The minimum absolute atomic E-state index is 0.0473. The third-order valence-corrected chi connectivity index (χ3v) is 11.1.